The van der Waals surface area contributed by atoms with Gasteiger partial charge in [0.1, 0.15) is 6.61 Å². The molecule has 0 aromatic heterocycles. The molecule has 0 aliphatic heterocycles. The third kappa shape index (κ3) is 5.75. The number of hydrogen-bond acceptors (Lipinski definition) is 4. The number of hydrazone groups is 1. The summed E-state index contributed by atoms with van der Waals surface area (Å²) in [5, 5.41) is 7.33. The number of nitrogens with zero attached hydrogens (tertiary/aromatic N) is 2. The van der Waals surface area contributed by atoms with Crippen molar-refractivity contribution >= 4 is 45.1 Å². The van der Waals surface area contributed by atoms with E-state index in [9.17, 15) is 0 Å². The quantitative estimate of drug-likeness (QED) is 0.175. The maximum atomic E-state index is 6.25. The van der Waals surface area contributed by atoms with Crippen LogP contribution in [0.25, 0.3) is 0 Å². The molecule has 0 saturated heterocycles. The minimum Gasteiger partial charge on any atom is -0.493 e. The van der Waals surface area contributed by atoms with E-state index in [1.165, 1.54) is 0 Å². The van der Waals surface area contributed by atoms with E-state index >= 15 is 0 Å². The van der Waals surface area contributed by atoms with E-state index < -0.39 is 0 Å². The van der Waals surface area contributed by atoms with Crippen molar-refractivity contribution in [2.45, 2.75) is 6.61 Å². The largest absolute Gasteiger partial charge is 0.493 e. The molecule has 166 valence electrons. The van der Waals surface area contributed by atoms with Crippen LogP contribution in [0.15, 0.2) is 107 Å². The Bertz CT molecular complexity index is 1190. The summed E-state index contributed by atoms with van der Waals surface area (Å²) >= 11 is 9.89. The van der Waals surface area contributed by atoms with Crippen LogP contribution in [-0.2, 0) is 6.61 Å². The van der Waals surface area contributed by atoms with Crippen molar-refractivity contribution in [3.05, 3.63) is 118 Å². The second-order valence-corrected chi connectivity index (χ2v) is 8.39. The highest BCUT2D eigenvalue weighted by molar-refractivity contribution is 9.10. The molecule has 0 heterocycles. The van der Waals surface area contributed by atoms with E-state index in [1.807, 2.05) is 102 Å². The summed E-state index contributed by atoms with van der Waals surface area (Å²) in [7, 11) is 1.62. The van der Waals surface area contributed by atoms with E-state index in [0.29, 0.717) is 23.1 Å². The summed E-state index contributed by atoms with van der Waals surface area (Å²) in [5.74, 6) is 1.22. The molecule has 0 aliphatic rings. The first-order chi connectivity index (χ1) is 16.2. The molecular formula is C27H22BrClN2O2. The van der Waals surface area contributed by atoms with Crippen molar-refractivity contribution in [3.63, 3.8) is 0 Å². The number of methoxy groups -OCH3 is 1. The number of anilines is 2. The van der Waals surface area contributed by atoms with Gasteiger partial charge in [-0.25, -0.2) is 5.01 Å². The SMILES string of the molecule is COc1cc(/C=N\N(c2ccccc2)c2ccccc2)c(Br)cc1OCc1ccccc1Cl. The lowest BCUT2D eigenvalue weighted by molar-refractivity contribution is 0.284. The molecule has 0 fully saturated rings. The Balaban J connectivity index is 1.61. The highest BCUT2D eigenvalue weighted by atomic mass is 79.9. The normalized spacial score (nSPS) is 10.9. The van der Waals surface area contributed by atoms with E-state index in [0.717, 1.165) is 27.0 Å². The predicted molar refractivity (Wildman–Crippen MR) is 139 cm³/mol. The average molecular weight is 522 g/mol. The third-order valence-electron chi connectivity index (χ3n) is 4.94. The molecule has 0 radical (unpaired) electrons. The summed E-state index contributed by atoms with van der Waals surface area (Å²) in [6, 6.07) is 31.4. The summed E-state index contributed by atoms with van der Waals surface area (Å²) in [5.41, 5.74) is 3.68. The van der Waals surface area contributed by atoms with Crippen LogP contribution in [0, 0.1) is 0 Å². The van der Waals surface area contributed by atoms with Gasteiger partial charge < -0.3 is 9.47 Å². The second-order valence-electron chi connectivity index (χ2n) is 7.13. The molecule has 0 N–H and O–H groups in total. The number of para-hydroxylation sites is 2. The Hall–Kier alpha value is -3.28. The van der Waals surface area contributed by atoms with E-state index in [-0.39, 0.29) is 0 Å². The third-order valence-corrected chi connectivity index (χ3v) is 5.99. The summed E-state index contributed by atoms with van der Waals surface area (Å²) in [6.07, 6.45) is 1.80. The summed E-state index contributed by atoms with van der Waals surface area (Å²) < 4.78 is 12.4. The first-order valence-electron chi connectivity index (χ1n) is 10.3. The maximum absolute atomic E-state index is 6.25. The highest BCUT2D eigenvalue weighted by Crippen LogP contribution is 2.34. The van der Waals surface area contributed by atoms with Gasteiger partial charge in [-0.05, 0) is 58.4 Å². The number of halogens is 2. The lowest BCUT2D eigenvalue weighted by atomic mass is 10.2. The fourth-order valence-corrected chi connectivity index (χ4v) is 3.85. The number of rotatable bonds is 8. The highest BCUT2D eigenvalue weighted by Gasteiger charge is 2.12. The Morgan fingerprint density at radius 2 is 1.45 bits per heavy atom. The number of ether oxygens (including phenoxy) is 2. The van der Waals surface area contributed by atoms with Gasteiger partial charge in [0, 0.05) is 20.6 Å². The minimum atomic E-state index is 0.339. The Morgan fingerprint density at radius 1 is 0.848 bits per heavy atom. The molecule has 0 bridgehead atoms. The fraction of sp³-hybridized carbons (Fsp3) is 0.0741. The number of hydrogen-bond donors (Lipinski definition) is 0. The molecule has 33 heavy (non-hydrogen) atoms. The molecule has 0 spiro atoms. The van der Waals surface area contributed by atoms with Crippen LogP contribution in [0.1, 0.15) is 11.1 Å². The topological polar surface area (TPSA) is 34.1 Å². The zero-order valence-electron chi connectivity index (χ0n) is 18.0. The van der Waals surface area contributed by atoms with Crippen LogP contribution in [0.2, 0.25) is 5.02 Å². The first-order valence-corrected chi connectivity index (χ1v) is 11.5. The van der Waals surface area contributed by atoms with Crippen molar-refractivity contribution in [1.82, 2.24) is 0 Å². The summed E-state index contributed by atoms with van der Waals surface area (Å²) in [4.78, 5) is 0. The van der Waals surface area contributed by atoms with Crippen LogP contribution in [0.5, 0.6) is 11.5 Å². The molecule has 4 aromatic rings. The lowest BCUT2D eigenvalue weighted by Gasteiger charge is -2.19. The molecule has 0 unspecified atom stereocenters. The van der Waals surface area contributed by atoms with Crippen LogP contribution in [0.4, 0.5) is 11.4 Å². The second kappa shape index (κ2) is 11.0. The fourth-order valence-electron chi connectivity index (χ4n) is 3.23. The van der Waals surface area contributed by atoms with Gasteiger partial charge in [-0.3, -0.25) is 0 Å². The van der Waals surface area contributed by atoms with Crippen LogP contribution in [-0.4, -0.2) is 13.3 Å². The standard InChI is InChI=1S/C27H22BrClN2O2/c1-32-26-16-21(24(28)17-27(26)33-19-20-10-8-9-15-25(20)29)18-30-31(22-11-4-2-5-12-22)23-13-6-3-7-14-23/h2-18H,19H2,1H3/b30-18-. The van der Waals surface area contributed by atoms with Crippen LogP contribution < -0.4 is 14.5 Å². The minimum absolute atomic E-state index is 0.339. The lowest BCUT2D eigenvalue weighted by Crippen LogP contribution is -2.09. The molecule has 4 rings (SSSR count). The van der Waals surface area contributed by atoms with E-state index in [1.54, 1.807) is 13.3 Å². The zero-order chi connectivity index (χ0) is 23.0. The van der Waals surface area contributed by atoms with Gasteiger partial charge in [0.15, 0.2) is 11.5 Å². The smallest absolute Gasteiger partial charge is 0.162 e. The molecule has 4 nitrogen and oxygen atoms in total. The predicted octanol–water partition coefficient (Wildman–Crippen LogP) is 7.86. The van der Waals surface area contributed by atoms with Crippen molar-refractivity contribution in [3.8, 4) is 11.5 Å². The van der Waals surface area contributed by atoms with Crippen LogP contribution >= 0.6 is 27.5 Å². The van der Waals surface area contributed by atoms with Gasteiger partial charge in [-0.15, -0.1) is 0 Å². The Morgan fingerprint density at radius 3 is 2.06 bits per heavy atom. The van der Waals surface area contributed by atoms with E-state index in [4.69, 9.17) is 26.2 Å². The Kier molecular flexibility index (Phi) is 7.66. The van der Waals surface area contributed by atoms with Gasteiger partial charge in [-0.2, -0.15) is 5.10 Å². The first kappa shape index (κ1) is 22.9. The molecule has 0 amide bonds. The van der Waals surface area contributed by atoms with Gasteiger partial charge >= 0.3 is 0 Å². The van der Waals surface area contributed by atoms with Gasteiger partial charge in [-0.1, -0.05) is 66.2 Å². The van der Waals surface area contributed by atoms with Crippen molar-refractivity contribution in [1.29, 1.82) is 0 Å². The average Bonchev–Trinajstić information content (AvgIpc) is 2.86. The van der Waals surface area contributed by atoms with Gasteiger partial charge in [0.25, 0.3) is 0 Å². The van der Waals surface area contributed by atoms with Crippen molar-refractivity contribution in [2.24, 2.45) is 5.10 Å². The summed E-state index contributed by atoms with van der Waals surface area (Å²) in [6.45, 7) is 0.339. The Labute approximate surface area is 207 Å². The monoisotopic (exact) mass is 520 g/mol. The van der Waals surface area contributed by atoms with E-state index in [2.05, 4.69) is 15.9 Å². The van der Waals surface area contributed by atoms with Crippen molar-refractivity contribution < 1.29 is 9.47 Å². The van der Waals surface area contributed by atoms with Gasteiger partial charge in [0.2, 0.25) is 0 Å². The molecule has 6 heteroatoms. The van der Waals surface area contributed by atoms with Gasteiger partial charge in [0.05, 0.1) is 24.7 Å². The number of benzene rings is 4. The zero-order valence-corrected chi connectivity index (χ0v) is 20.3. The van der Waals surface area contributed by atoms with Crippen molar-refractivity contribution in [2.75, 3.05) is 12.1 Å². The molecule has 0 saturated carbocycles. The maximum Gasteiger partial charge on any atom is 0.162 e. The molecular weight excluding hydrogens is 500 g/mol. The van der Waals surface area contributed by atoms with Crippen LogP contribution in [0.3, 0.4) is 0 Å². The molecule has 0 atom stereocenters. The molecule has 0 aliphatic carbocycles. The molecule has 4 aromatic carbocycles.